The number of halogens is 1. The number of aromatic nitrogens is 2. The molecule has 8 nitrogen and oxygen atoms in total. The maximum absolute atomic E-state index is 12.4. The molecule has 0 aliphatic carbocycles. The summed E-state index contributed by atoms with van der Waals surface area (Å²) >= 11 is 1.06. The van der Waals surface area contributed by atoms with E-state index in [0.29, 0.717) is 17.1 Å². The molecule has 1 aromatic heterocycles. The summed E-state index contributed by atoms with van der Waals surface area (Å²) in [7, 11) is 3.02. The van der Waals surface area contributed by atoms with E-state index in [9.17, 15) is 9.18 Å². The number of carbonyl (C=O) groups is 1. The lowest BCUT2D eigenvalue weighted by molar-refractivity contribution is -0.114. The summed E-state index contributed by atoms with van der Waals surface area (Å²) in [6, 6.07) is 14.0. The fraction of sp³-hybridized carbons (Fsp3) is 0.158. The first-order valence-electron chi connectivity index (χ1n) is 8.39. The van der Waals surface area contributed by atoms with Crippen LogP contribution in [0.1, 0.15) is 5.56 Å². The van der Waals surface area contributed by atoms with Crippen molar-refractivity contribution < 1.29 is 23.5 Å². The van der Waals surface area contributed by atoms with Gasteiger partial charge in [-0.2, -0.15) is 9.36 Å². The van der Waals surface area contributed by atoms with E-state index in [1.54, 1.807) is 31.4 Å². The van der Waals surface area contributed by atoms with Gasteiger partial charge in [-0.05, 0) is 36.4 Å². The van der Waals surface area contributed by atoms with Crippen molar-refractivity contribution >= 4 is 23.2 Å². The van der Waals surface area contributed by atoms with Gasteiger partial charge in [0, 0.05) is 24.1 Å². The Morgan fingerprint density at radius 1 is 1.21 bits per heavy atom. The number of para-hydroxylation sites is 1. The van der Waals surface area contributed by atoms with E-state index in [1.165, 1.54) is 7.05 Å². The van der Waals surface area contributed by atoms with E-state index >= 15 is 0 Å². The van der Waals surface area contributed by atoms with Crippen LogP contribution in [-0.2, 0) is 9.63 Å². The zero-order valence-electron chi connectivity index (χ0n) is 15.6. The molecule has 2 aromatic carbocycles. The molecule has 10 heteroatoms. The number of hydrogen-bond donors (Lipinski definition) is 1. The molecule has 0 spiro atoms. The summed E-state index contributed by atoms with van der Waals surface area (Å²) < 4.78 is 27.6. The highest BCUT2D eigenvalue weighted by molar-refractivity contribution is 7.07. The maximum Gasteiger partial charge on any atom is 0.299 e. The highest BCUT2D eigenvalue weighted by Crippen LogP contribution is 2.30. The lowest BCUT2D eigenvalue weighted by Crippen LogP contribution is -2.29. The lowest BCUT2D eigenvalue weighted by atomic mass is 10.1. The molecule has 0 bridgehead atoms. The van der Waals surface area contributed by atoms with Crippen LogP contribution in [0.15, 0.2) is 53.7 Å². The number of likely N-dealkylation sites (N-methyl/N-ethyl adjacent to an activating group) is 1. The number of oxime groups is 1. The van der Waals surface area contributed by atoms with Crippen molar-refractivity contribution in [2.45, 2.75) is 0 Å². The van der Waals surface area contributed by atoms with Gasteiger partial charge in [-0.25, -0.2) is 4.39 Å². The first kappa shape index (κ1) is 20.2. The summed E-state index contributed by atoms with van der Waals surface area (Å²) in [5, 5.41) is 6.26. The molecule has 0 unspecified atom stereocenters. The third-order valence-electron chi connectivity index (χ3n) is 3.74. The maximum atomic E-state index is 12.4. The molecule has 150 valence electrons. The van der Waals surface area contributed by atoms with E-state index in [1.807, 2.05) is 24.3 Å². The highest BCUT2D eigenvalue weighted by atomic mass is 32.1. The molecular formula is C19H17FN4O4S. The Morgan fingerprint density at radius 3 is 2.66 bits per heavy atom. The van der Waals surface area contributed by atoms with Crippen LogP contribution >= 0.6 is 11.5 Å². The van der Waals surface area contributed by atoms with Crippen molar-refractivity contribution in [2.24, 2.45) is 5.16 Å². The van der Waals surface area contributed by atoms with E-state index in [0.717, 1.165) is 22.8 Å². The number of ether oxygens (including phenoxy) is 2. The van der Waals surface area contributed by atoms with Gasteiger partial charge in [-0.1, -0.05) is 17.3 Å². The Balaban J connectivity index is 1.87. The van der Waals surface area contributed by atoms with Gasteiger partial charge in [-0.15, -0.1) is 0 Å². The van der Waals surface area contributed by atoms with E-state index < -0.39 is 12.8 Å². The first-order valence-corrected chi connectivity index (χ1v) is 9.17. The normalized spacial score (nSPS) is 11.1. The van der Waals surface area contributed by atoms with Gasteiger partial charge >= 0.3 is 0 Å². The second kappa shape index (κ2) is 9.60. The predicted octanol–water partition coefficient (Wildman–Crippen LogP) is 3.40. The number of carbonyl (C=O) groups excluding carboxylic acids is 1. The molecule has 0 atom stereocenters. The van der Waals surface area contributed by atoms with Crippen LogP contribution in [0.25, 0.3) is 11.4 Å². The zero-order chi connectivity index (χ0) is 20.6. The van der Waals surface area contributed by atoms with Gasteiger partial charge in [-0.3, -0.25) is 4.79 Å². The Morgan fingerprint density at radius 2 is 1.97 bits per heavy atom. The quantitative estimate of drug-likeness (QED) is 0.447. The molecule has 3 rings (SSSR count). The van der Waals surface area contributed by atoms with Gasteiger partial charge in [0.1, 0.15) is 11.5 Å². The molecule has 0 fully saturated rings. The van der Waals surface area contributed by atoms with E-state index in [2.05, 4.69) is 24.7 Å². The number of nitrogens with zero attached hydrogens (tertiary/aromatic N) is 3. The van der Waals surface area contributed by atoms with Crippen LogP contribution in [-0.4, -0.2) is 42.0 Å². The van der Waals surface area contributed by atoms with Crippen molar-refractivity contribution in [1.29, 1.82) is 0 Å². The third-order valence-corrected chi connectivity index (χ3v) is 4.34. The minimum absolute atomic E-state index is 0.124. The van der Waals surface area contributed by atoms with Crippen LogP contribution in [0.5, 0.6) is 16.7 Å². The molecule has 0 aliphatic heterocycles. The topological polar surface area (TPSA) is 94.9 Å². The van der Waals surface area contributed by atoms with Gasteiger partial charge in [0.25, 0.3) is 18.0 Å². The molecule has 3 aromatic rings. The fourth-order valence-corrected chi connectivity index (χ4v) is 2.94. The van der Waals surface area contributed by atoms with Gasteiger partial charge in [0.05, 0.1) is 12.7 Å². The molecular weight excluding hydrogens is 399 g/mol. The zero-order valence-corrected chi connectivity index (χ0v) is 16.4. The van der Waals surface area contributed by atoms with Crippen molar-refractivity contribution in [3.05, 3.63) is 54.1 Å². The Bertz CT molecular complexity index is 1010. The summed E-state index contributed by atoms with van der Waals surface area (Å²) in [5.74, 6) is 0.970. The van der Waals surface area contributed by atoms with Crippen molar-refractivity contribution in [3.8, 4) is 28.1 Å². The number of methoxy groups -OCH3 is 1. The second-order valence-corrected chi connectivity index (χ2v) is 6.18. The largest absolute Gasteiger partial charge is 0.497 e. The molecule has 0 saturated carbocycles. The van der Waals surface area contributed by atoms with Crippen LogP contribution in [0.4, 0.5) is 4.39 Å². The highest BCUT2D eigenvalue weighted by Gasteiger charge is 2.20. The first-order chi connectivity index (χ1) is 14.2. The standard InChI is InChI=1S/C19H17FN4O4S/c1-21-18(25)16(23-27-11-20)14-5-3-4-6-15(14)28-19-22-17(24-29-19)12-7-9-13(26-2)10-8-12/h3-10H,11H2,1-2H3,(H,21,25). The molecule has 1 amide bonds. The summed E-state index contributed by atoms with van der Waals surface area (Å²) in [6.07, 6.45) is 0. The summed E-state index contributed by atoms with van der Waals surface area (Å²) in [5.41, 5.74) is 0.997. The van der Waals surface area contributed by atoms with E-state index in [-0.39, 0.29) is 10.9 Å². The number of nitrogens with one attached hydrogen (secondary N) is 1. The number of benzene rings is 2. The van der Waals surface area contributed by atoms with Gasteiger partial charge < -0.3 is 19.6 Å². The van der Waals surface area contributed by atoms with E-state index in [4.69, 9.17) is 9.47 Å². The summed E-state index contributed by atoms with van der Waals surface area (Å²) in [4.78, 5) is 20.9. The van der Waals surface area contributed by atoms with Gasteiger partial charge in [0.2, 0.25) is 0 Å². The third kappa shape index (κ3) is 4.85. The Hall–Kier alpha value is -3.53. The summed E-state index contributed by atoms with van der Waals surface area (Å²) in [6.45, 7) is -1.16. The van der Waals surface area contributed by atoms with Crippen LogP contribution in [0.3, 0.4) is 0 Å². The van der Waals surface area contributed by atoms with Crippen LogP contribution in [0, 0.1) is 0 Å². The van der Waals surface area contributed by atoms with Crippen molar-refractivity contribution in [3.63, 3.8) is 0 Å². The average molecular weight is 416 g/mol. The minimum Gasteiger partial charge on any atom is -0.497 e. The van der Waals surface area contributed by atoms with Crippen LogP contribution < -0.4 is 14.8 Å². The number of amides is 1. The molecule has 1 N–H and O–H groups in total. The van der Waals surface area contributed by atoms with Gasteiger partial charge in [0.15, 0.2) is 11.5 Å². The molecule has 0 saturated heterocycles. The molecule has 0 aliphatic rings. The van der Waals surface area contributed by atoms with Crippen molar-refractivity contribution in [1.82, 2.24) is 14.7 Å². The number of alkyl halides is 1. The smallest absolute Gasteiger partial charge is 0.299 e. The Labute approximate surface area is 170 Å². The molecule has 1 heterocycles. The second-order valence-electron chi connectivity index (χ2n) is 5.47. The fourth-order valence-electron chi connectivity index (χ4n) is 2.37. The predicted molar refractivity (Wildman–Crippen MR) is 106 cm³/mol. The molecule has 29 heavy (non-hydrogen) atoms. The Kier molecular flexibility index (Phi) is 6.69. The SMILES string of the molecule is CNC(=O)C(=NOCF)c1ccccc1Oc1nc(-c2ccc(OC)cc2)ns1. The molecule has 0 radical (unpaired) electrons. The van der Waals surface area contributed by atoms with Crippen molar-refractivity contribution in [2.75, 3.05) is 21.0 Å². The lowest BCUT2D eigenvalue weighted by Gasteiger charge is -2.10. The monoisotopic (exact) mass is 416 g/mol. The number of rotatable bonds is 8. The minimum atomic E-state index is -1.16. The van der Waals surface area contributed by atoms with Crippen LogP contribution in [0.2, 0.25) is 0 Å². The average Bonchev–Trinajstić information content (AvgIpc) is 3.23. The number of hydrogen-bond acceptors (Lipinski definition) is 8.